The lowest BCUT2D eigenvalue weighted by molar-refractivity contribution is 0.0550. The van der Waals surface area contributed by atoms with Gasteiger partial charge in [0.1, 0.15) is 0 Å². The Balaban J connectivity index is 1.78. The van der Waals surface area contributed by atoms with Crippen LogP contribution in [0.5, 0.6) is 0 Å². The van der Waals surface area contributed by atoms with E-state index in [0.29, 0.717) is 5.92 Å². The molecule has 0 radical (unpaired) electrons. The summed E-state index contributed by atoms with van der Waals surface area (Å²) in [5.74, 6) is 0.497. The lowest BCUT2D eigenvalue weighted by atomic mass is 9.83. The predicted octanol–water partition coefficient (Wildman–Crippen LogP) is 3.11. The molecule has 0 unspecified atom stereocenters. The maximum Gasteiger partial charge on any atom is 0.0718 e. The van der Waals surface area contributed by atoms with Crippen LogP contribution in [0.3, 0.4) is 0 Å². The average molecular weight is 247 g/mol. The van der Waals surface area contributed by atoms with E-state index in [0.717, 1.165) is 6.54 Å². The normalized spacial score (nSPS) is 20.6. The molecule has 1 aliphatic carbocycles. The van der Waals surface area contributed by atoms with Crippen molar-refractivity contribution in [3.8, 4) is 0 Å². The van der Waals surface area contributed by atoms with Crippen LogP contribution in [0, 0.1) is 5.92 Å². The molecule has 1 saturated carbocycles. The molecule has 0 bridgehead atoms. The fraction of sp³-hybridized carbons (Fsp3) is 0.625. The first-order valence-electron chi connectivity index (χ1n) is 7.23. The fourth-order valence-corrected chi connectivity index (χ4v) is 2.88. The SMILES string of the molecule is C[C@H](NCc1ccccc1)[C@@H](O)C1CCCCC1. The summed E-state index contributed by atoms with van der Waals surface area (Å²) in [5, 5.41) is 13.8. The summed E-state index contributed by atoms with van der Waals surface area (Å²) in [4.78, 5) is 0. The van der Waals surface area contributed by atoms with Gasteiger partial charge in [0.15, 0.2) is 0 Å². The van der Waals surface area contributed by atoms with Crippen molar-refractivity contribution in [1.29, 1.82) is 0 Å². The van der Waals surface area contributed by atoms with Gasteiger partial charge in [-0.3, -0.25) is 0 Å². The van der Waals surface area contributed by atoms with Gasteiger partial charge in [-0.15, -0.1) is 0 Å². The van der Waals surface area contributed by atoms with Crippen molar-refractivity contribution in [2.45, 2.75) is 57.7 Å². The lowest BCUT2D eigenvalue weighted by Crippen LogP contribution is -2.42. The van der Waals surface area contributed by atoms with E-state index in [1.54, 1.807) is 0 Å². The van der Waals surface area contributed by atoms with Crippen molar-refractivity contribution in [3.05, 3.63) is 35.9 Å². The van der Waals surface area contributed by atoms with Crippen LogP contribution >= 0.6 is 0 Å². The molecule has 0 saturated heterocycles. The number of hydrogen-bond acceptors (Lipinski definition) is 2. The Morgan fingerprint density at radius 2 is 1.83 bits per heavy atom. The van der Waals surface area contributed by atoms with Crippen molar-refractivity contribution in [2.75, 3.05) is 0 Å². The summed E-state index contributed by atoms with van der Waals surface area (Å²) < 4.78 is 0. The minimum atomic E-state index is -0.200. The third kappa shape index (κ3) is 3.82. The molecular weight excluding hydrogens is 222 g/mol. The second-order valence-corrected chi connectivity index (χ2v) is 5.54. The summed E-state index contributed by atoms with van der Waals surface area (Å²) in [7, 11) is 0. The Morgan fingerprint density at radius 1 is 1.17 bits per heavy atom. The molecule has 0 spiro atoms. The summed E-state index contributed by atoms with van der Waals surface area (Å²) >= 11 is 0. The second-order valence-electron chi connectivity index (χ2n) is 5.54. The molecule has 2 N–H and O–H groups in total. The third-order valence-corrected chi connectivity index (χ3v) is 4.12. The highest BCUT2D eigenvalue weighted by Gasteiger charge is 2.25. The van der Waals surface area contributed by atoms with Crippen LogP contribution in [0.25, 0.3) is 0 Å². The van der Waals surface area contributed by atoms with Crippen molar-refractivity contribution in [3.63, 3.8) is 0 Å². The highest BCUT2D eigenvalue weighted by molar-refractivity contribution is 5.14. The predicted molar refractivity (Wildman–Crippen MR) is 75.3 cm³/mol. The van der Waals surface area contributed by atoms with E-state index in [2.05, 4.69) is 36.5 Å². The van der Waals surface area contributed by atoms with Gasteiger partial charge in [-0.05, 0) is 31.2 Å². The van der Waals surface area contributed by atoms with Gasteiger partial charge < -0.3 is 10.4 Å². The van der Waals surface area contributed by atoms with Gasteiger partial charge in [-0.2, -0.15) is 0 Å². The zero-order valence-electron chi connectivity index (χ0n) is 11.3. The maximum atomic E-state index is 10.4. The summed E-state index contributed by atoms with van der Waals surface area (Å²) in [6.07, 6.45) is 6.10. The van der Waals surface area contributed by atoms with E-state index in [4.69, 9.17) is 0 Å². The zero-order valence-corrected chi connectivity index (χ0v) is 11.3. The molecule has 1 fully saturated rings. The standard InChI is InChI=1S/C16H25NO/c1-13(16(18)15-10-6-3-7-11-15)17-12-14-8-4-2-5-9-14/h2,4-5,8-9,13,15-18H,3,6-7,10-12H2,1H3/t13-,16+/m0/s1. The molecule has 2 heteroatoms. The highest BCUT2D eigenvalue weighted by atomic mass is 16.3. The van der Waals surface area contributed by atoms with E-state index in [1.807, 2.05) is 6.07 Å². The number of aliphatic hydroxyl groups is 1. The molecular formula is C16H25NO. The van der Waals surface area contributed by atoms with Gasteiger partial charge in [0, 0.05) is 12.6 Å². The summed E-state index contributed by atoms with van der Waals surface area (Å²) in [5.41, 5.74) is 1.28. The van der Waals surface area contributed by atoms with Crippen LogP contribution < -0.4 is 5.32 Å². The molecule has 2 nitrogen and oxygen atoms in total. The Labute approximate surface area is 110 Å². The summed E-state index contributed by atoms with van der Waals surface area (Å²) in [6.45, 7) is 2.94. The largest absolute Gasteiger partial charge is 0.391 e. The van der Waals surface area contributed by atoms with Gasteiger partial charge in [0.25, 0.3) is 0 Å². The Morgan fingerprint density at radius 3 is 2.50 bits per heavy atom. The van der Waals surface area contributed by atoms with Gasteiger partial charge in [0.05, 0.1) is 6.10 Å². The molecule has 0 aromatic heterocycles. The molecule has 0 aliphatic heterocycles. The second kappa shape index (κ2) is 6.91. The number of hydrogen-bond donors (Lipinski definition) is 2. The van der Waals surface area contributed by atoms with Crippen LogP contribution in [-0.4, -0.2) is 17.3 Å². The van der Waals surface area contributed by atoms with Crippen LogP contribution in [0.4, 0.5) is 0 Å². The van der Waals surface area contributed by atoms with Crippen LogP contribution in [0.15, 0.2) is 30.3 Å². The molecule has 0 amide bonds. The molecule has 18 heavy (non-hydrogen) atoms. The van der Waals surface area contributed by atoms with Crippen molar-refractivity contribution in [2.24, 2.45) is 5.92 Å². The topological polar surface area (TPSA) is 32.3 Å². The van der Waals surface area contributed by atoms with E-state index in [1.165, 1.54) is 37.7 Å². The Hall–Kier alpha value is -0.860. The van der Waals surface area contributed by atoms with E-state index >= 15 is 0 Å². The fourth-order valence-electron chi connectivity index (χ4n) is 2.88. The molecule has 1 aliphatic rings. The van der Waals surface area contributed by atoms with Crippen molar-refractivity contribution in [1.82, 2.24) is 5.32 Å². The van der Waals surface area contributed by atoms with Gasteiger partial charge in [0.2, 0.25) is 0 Å². The molecule has 100 valence electrons. The molecule has 0 heterocycles. The van der Waals surface area contributed by atoms with Crippen LogP contribution in [-0.2, 0) is 6.54 Å². The molecule has 2 rings (SSSR count). The quantitative estimate of drug-likeness (QED) is 0.838. The lowest BCUT2D eigenvalue weighted by Gasteiger charge is -2.31. The minimum absolute atomic E-state index is 0.174. The molecule has 1 aromatic rings. The number of nitrogens with one attached hydrogen (secondary N) is 1. The maximum absolute atomic E-state index is 10.4. The average Bonchev–Trinajstić information content (AvgIpc) is 2.46. The number of benzene rings is 1. The first kappa shape index (κ1) is 13.6. The summed E-state index contributed by atoms with van der Waals surface area (Å²) in [6, 6.07) is 10.6. The molecule has 1 aromatic carbocycles. The van der Waals surface area contributed by atoms with E-state index in [-0.39, 0.29) is 12.1 Å². The van der Waals surface area contributed by atoms with Crippen molar-refractivity contribution < 1.29 is 5.11 Å². The number of aliphatic hydroxyl groups excluding tert-OH is 1. The van der Waals surface area contributed by atoms with E-state index < -0.39 is 0 Å². The first-order chi connectivity index (χ1) is 8.77. The Bertz CT molecular complexity index is 332. The molecule has 2 atom stereocenters. The zero-order chi connectivity index (χ0) is 12.8. The Kier molecular flexibility index (Phi) is 5.21. The van der Waals surface area contributed by atoms with Gasteiger partial charge in [-0.1, -0.05) is 49.6 Å². The van der Waals surface area contributed by atoms with Gasteiger partial charge in [-0.25, -0.2) is 0 Å². The first-order valence-corrected chi connectivity index (χ1v) is 7.23. The minimum Gasteiger partial charge on any atom is -0.391 e. The van der Waals surface area contributed by atoms with Crippen LogP contribution in [0.1, 0.15) is 44.6 Å². The number of rotatable bonds is 5. The van der Waals surface area contributed by atoms with E-state index in [9.17, 15) is 5.11 Å². The third-order valence-electron chi connectivity index (χ3n) is 4.12. The van der Waals surface area contributed by atoms with Crippen LogP contribution in [0.2, 0.25) is 0 Å². The van der Waals surface area contributed by atoms with Gasteiger partial charge >= 0.3 is 0 Å². The smallest absolute Gasteiger partial charge is 0.0718 e. The monoisotopic (exact) mass is 247 g/mol. The van der Waals surface area contributed by atoms with Crippen molar-refractivity contribution >= 4 is 0 Å². The highest BCUT2D eigenvalue weighted by Crippen LogP contribution is 2.27.